The lowest BCUT2D eigenvalue weighted by molar-refractivity contribution is 0.102. The second-order valence-corrected chi connectivity index (χ2v) is 5.25. The minimum Gasteiger partial charge on any atom is -0.389 e. The van der Waals surface area contributed by atoms with Gasteiger partial charge < -0.3 is 11.1 Å². The first-order chi connectivity index (χ1) is 10.1. The number of hydrogen-bond acceptors (Lipinski definition) is 2. The molecule has 21 heavy (non-hydrogen) atoms. The molecule has 0 saturated heterocycles. The van der Waals surface area contributed by atoms with Crippen molar-refractivity contribution in [2.45, 2.75) is 19.8 Å². The molecule has 108 valence electrons. The lowest BCUT2D eigenvalue weighted by Gasteiger charge is -2.11. The van der Waals surface area contributed by atoms with Crippen molar-refractivity contribution in [3.63, 3.8) is 0 Å². The number of anilines is 1. The summed E-state index contributed by atoms with van der Waals surface area (Å²) < 4.78 is 0. The van der Waals surface area contributed by atoms with Gasteiger partial charge in [-0.2, -0.15) is 0 Å². The number of amides is 1. The zero-order chi connectivity index (χ0) is 15.2. The van der Waals surface area contributed by atoms with E-state index in [4.69, 9.17) is 18.0 Å². The Balaban J connectivity index is 2.22. The number of thiocarbonyl (C=S) groups is 1. The number of benzene rings is 2. The summed E-state index contributed by atoms with van der Waals surface area (Å²) in [5.74, 6) is -0.156. The van der Waals surface area contributed by atoms with Gasteiger partial charge in [0.05, 0.1) is 0 Å². The standard InChI is InChI=1S/C17H18N2OS/c1-2-6-12-7-3-4-10-15(12)19-17(20)14-9-5-8-13(11-14)16(18)21/h3-5,7-11H,2,6H2,1H3,(H2,18,21)(H,19,20). The Hall–Kier alpha value is -2.20. The monoisotopic (exact) mass is 298 g/mol. The summed E-state index contributed by atoms with van der Waals surface area (Å²) in [6.45, 7) is 2.12. The van der Waals surface area contributed by atoms with Crippen LogP contribution in [0.25, 0.3) is 0 Å². The second-order valence-electron chi connectivity index (χ2n) is 4.81. The van der Waals surface area contributed by atoms with Crippen molar-refractivity contribution in [1.82, 2.24) is 0 Å². The van der Waals surface area contributed by atoms with Crippen LogP contribution in [-0.2, 0) is 6.42 Å². The van der Waals surface area contributed by atoms with E-state index in [1.54, 1.807) is 24.3 Å². The molecule has 0 radical (unpaired) electrons. The third-order valence-corrected chi connectivity index (χ3v) is 3.43. The molecule has 0 bridgehead atoms. The number of carbonyl (C=O) groups excluding carboxylic acids is 1. The molecular weight excluding hydrogens is 280 g/mol. The van der Waals surface area contributed by atoms with Crippen LogP contribution in [0.15, 0.2) is 48.5 Å². The Labute approximate surface area is 130 Å². The first kappa shape index (κ1) is 15.2. The highest BCUT2D eigenvalue weighted by Crippen LogP contribution is 2.18. The molecule has 0 atom stereocenters. The van der Waals surface area contributed by atoms with Crippen molar-refractivity contribution in [2.24, 2.45) is 5.73 Å². The molecule has 3 N–H and O–H groups in total. The Kier molecular flexibility index (Phi) is 5.06. The summed E-state index contributed by atoms with van der Waals surface area (Å²) in [5, 5.41) is 2.95. The maximum atomic E-state index is 12.4. The van der Waals surface area contributed by atoms with Crippen LogP contribution in [0.4, 0.5) is 5.69 Å². The maximum absolute atomic E-state index is 12.4. The predicted molar refractivity (Wildman–Crippen MR) is 90.7 cm³/mol. The summed E-state index contributed by atoms with van der Waals surface area (Å²) in [6, 6.07) is 14.9. The van der Waals surface area contributed by atoms with E-state index in [1.807, 2.05) is 24.3 Å². The lowest BCUT2D eigenvalue weighted by atomic mass is 10.1. The Bertz CT molecular complexity index is 667. The fraction of sp³-hybridized carbons (Fsp3) is 0.176. The van der Waals surface area contributed by atoms with Crippen molar-refractivity contribution in [3.05, 3.63) is 65.2 Å². The topological polar surface area (TPSA) is 55.1 Å². The molecule has 2 aromatic rings. The van der Waals surface area contributed by atoms with Crippen LogP contribution < -0.4 is 11.1 Å². The van der Waals surface area contributed by atoms with Gasteiger partial charge in [-0.3, -0.25) is 4.79 Å². The molecule has 2 aromatic carbocycles. The normalized spacial score (nSPS) is 10.1. The average Bonchev–Trinajstić information content (AvgIpc) is 2.49. The largest absolute Gasteiger partial charge is 0.389 e. The molecule has 0 saturated carbocycles. The predicted octanol–water partition coefficient (Wildman–Crippen LogP) is 3.53. The molecule has 2 rings (SSSR count). The molecule has 0 heterocycles. The van der Waals surface area contributed by atoms with E-state index >= 15 is 0 Å². The van der Waals surface area contributed by atoms with Crippen LogP contribution >= 0.6 is 12.2 Å². The number of nitrogens with one attached hydrogen (secondary N) is 1. The highest BCUT2D eigenvalue weighted by atomic mass is 32.1. The number of aryl methyl sites for hydroxylation is 1. The van der Waals surface area contributed by atoms with Gasteiger partial charge in [-0.05, 0) is 30.2 Å². The molecule has 0 unspecified atom stereocenters. The van der Waals surface area contributed by atoms with Crippen LogP contribution in [0.2, 0.25) is 0 Å². The zero-order valence-corrected chi connectivity index (χ0v) is 12.7. The molecule has 0 fully saturated rings. The van der Waals surface area contributed by atoms with Gasteiger partial charge in [0.2, 0.25) is 0 Å². The van der Waals surface area contributed by atoms with Crippen molar-refractivity contribution < 1.29 is 4.79 Å². The van der Waals surface area contributed by atoms with E-state index < -0.39 is 0 Å². The fourth-order valence-electron chi connectivity index (χ4n) is 2.14. The molecule has 0 aliphatic rings. The first-order valence-electron chi connectivity index (χ1n) is 6.91. The summed E-state index contributed by atoms with van der Waals surface area (Å²) in [4.78, 5) is 12.6. The lowest BCUT2D eigenvalue weighted by Crippen LogP contribution is -2.15. The summed E-state index contributed by atoms with van der Waals surface area (Å²) in [6.07, 6.45) is 1.97. The quantitative estimate of drug-likeness (QED) is 0.830. The van der Waals surface area contributed by atoms with Crippen molar-refractivity contribution in [1.29, 1.82) is 0 Å². The van der Waals surface area contributed by atoms with Crippen molar-refractivity contribution in [2.75, 3.05) is 5.32 Å². The van der Waals surface area contributed by atoms with E-state index in [9.17, 15) is 4.79 Å². The van der Waals surface area contributed by atoms with E-state index in [0.717, 1.165) is 24.1 Å². The van der Waals surface area contributed by atoms with Crippen LogP contribution in [-0.4, -0.2) is 10.9 Å². The number of para-hydroxylation sites is 1. The van der Waals surface area contributed by atoms with E-state index in [2.05, 4.69) is 12.2 Å². The van der Waals surface area contributed by atoms with Gasteiger partial charge in [0.15, 0.2) is 0 Å². The van der Waals surface area contributed by atoms with Gasteiger partial charge in [-0.1, -0.05) is 55.9 Å². The molecule has 0 aromatic heterocycles. The molecule has 1 amide bonds. The third kappa shape index (κ3) is 3.89. The minimum atomic E-state index is -0.156. The molecule has 0 aliphatic carbocycles. The van der Waals surface area contributed by atoms with Gasteiger partial charge in [0, 0.05) is 16.8 Å². The van der Waals surface area contributed by atoms with Crippen molar-refractivity contribution in [3.8, 4) is 0 Å². The molecule has 0 spiro atoms. The van der Waals surface area contributed by atoms with E-state index in [0.29, 0.717) is 11.1 Å². The van der Waals surface area contributed by atoms with Crippen LogP contribution in [0.3, 0.4) is 0 Å². The van der Waals surface area contributed by atoms with E-state index in [1.165, 1.54) is 0 Å². The Morgan fingerprint density at radius 3 is 2.57 bits per heavy atom. The summed E-state index contributed by atoms with van der Waals surface area (Å²) >= 11 is 4.94. The Morgan fingerprint density at radius 2 is 1.86 bits per heavy atom. The van der Waals surface area contributed by atoms with Gasteiger partial charge in [-0.15, -0.1) is 0 Å². The maximum Gasteiger partial charge on any atom is 0.255 e. The number of nitrogens with two attached hydrogens (primary N) is 1. The highest BCUT2D eigenvalue weighted by molar-refractivity contribution is 7.80. The second kappa shape index (κ2) is 6.99. The minimum absolute atomic E-state index is 0.156. The fourth-order valence-corrected chi connectivity index (χ4v) is 2.26. The first-order valence-corrected chi connectivity index (χ1v) is 7.31. The van der Waals surface area contributed by atoms with Gasteiger partial charge in [-0.25, -0.2) is 0 Å². The highest BCUT2D eigenvalue weighted by Gasteiger charge is 2.09. The van der Waals surface area contributed by atoms with Gasteiger partial charge in [0.25, 0.3) is 5.91 Å². The van der Waals surface area contributed by atoms with Crippen LogP contribution in [0.5, 0.6) is 0 Å². The smallest absolute Gasteiger partial charge is 0.255 e. The molecular formula is C17H18N2OS. The van der Waals surface area contributed by atoms with Gasteiger partial charge in [0.1, 0.15) is 4.99 Å². The molecule has 0 aliphatic heterocycles. The van der Waals surface area contributed by atoms with Gasteiger partial charge >= 0.3 is 0 Å². The molecule has 4 heteroatoms. The van der Waals surface area contributed by atoms with Crippen LogP contribution in [0.1, 0.15) is 34.8 Å². The zero-order valence-electron chi connectivity index (χ0n) is 11.9. The van der Waals surface area contributed by atoms with Crippen LogP contribution in [0, 0.1) is 0 Å². The SMILES string of the molecule is CCCc1ccccc1NC(=O)c1cccc(C(N)=S)c1. The Morgan fingerprint density at radius 1 is 1.14 bits per heavy atom. The van der Waals surface area contributed by atoms with Crippen molar-refractivity contribution >= 4 is 28.8 Å². The average molecular weight is 298 g/mol. The number of carbonyl (C=O) groups is 1. The number of rotatable bonds is 5. The summed E-state index contributed by atoms with van der Waals surface area (Å²) in [5.41, 5.74) is 8.83. The molecule has 3 nitrogen and oxygen atoms in total. The summed E-state index contributed by atoms with van der Waals surface area (Å²) in [7, 11) is 0. The third-order valence-electron chi connectivity index (χ3n) is 3.19. The van der Waals surface area contributed by atoms with E-state index in [-0.39, 0.29) is 10.9 Å². The number of hydrogen-bond donors (Lipinski definition) is 2.